The Bertz CT molecular complexity index is 357. The third-order valence-corrected chi connectivity index (χ3v) is 2.69. The summed E-state index contributed by atoms with van der Waals surface area (Å²) in [6, 6.07) is 4.68. The highest BCUT2D eigenvalue weighted by atomic mass is 19.1. The standard InChI is InChI=1S/C12H17FN2O/c13-10-2-3-12-9(6-10)7-11(16-12)8-15-5-1-4-14/h2-3,6,11,15H,1,4-5,7-8,14H2. The van der Waals surface area contributed by atoms with Gasteiger partial charge in [0.1, 0.15) is 17.7 Å². The Morgan fingerprint density at radius 3 is 3.19 bits per heavy atom. The number of nitrogens with two attached hydrogens (primary N) is 1. The van der Waals surface area contributed by atoms with Crippen LogP contribution in [0.1, 0.15) is 12.0 Å². The zero-order chi connectivity index (χ0) is 11.4. The number of nitrogens with one attached hydrogen (secondary N) is 1. The summed E-state index contributed by atoms with van der Waals surface area (Å²) >= 11 is 0. The van der Waals surface area contributed by atoms with Crippen LogP contribution in [-0.2, 0) is 6.42 Å². The second kappa shape index (κ2) is 5.27. The van der Waals surface area contributed by atoms with Crippen LogP contribution in [0.4, 0.5) is 4.39 Å². The average molecular weight is 224 g/mol. The van der Waals surface area contributed by atoms with E-state index in [9.17, 15) is 4.39 Å². The van der Waals surface area contributed by atoms with E-state index in [4.69, 9.17) is 10.5 Å². The first-order valence-electron chi connectivity index (χ1n) is 5.65. The van der Waals surface area contributed by atoms with Crippen molar-refractivity contribution in [3.05, 3.63) is 29.6 Å². The van der Waals surface area contributed by atoms with E-state index in [1.807, 2.05) is 0 Å². The van der Waals surface area contributed by atoms with E-state index < -0.39 is 0 Å². The molecule has 0 radical (unpaired) electrons. The molecular weight excluding hydrogens is 207 g/mol. The lowest BCUT2D eigenvalue weighted by atomic mass is 10.1. The largest absolute Gasteiger partial charge is 0.488 e. The molecule has 0 fully saturated rings. The minimum atomic E-state index is -0.195. The SMILES string of the molecule is NCCCNCC1Cc2cc(F)ccc2O1. The monoisotopic (exact) mass is 224 g/mol. The van der Waals surface area contributed by atoms with Crippen molar-refractivity contribution in [1.82, 2.24) is 5.32 Å². The zero-order valence-corrected chi connectivity index (χ0v) is 9.21. The summed E-state index contributed by atoms with van der Waals surface area (Å²) < 4.78 is 18.6. The van der Waals surface area contributed by atoms with E-state index in [1.54, 1.807) is 12.1 Å². The minimum absolute atomic E-state index is 0.120. The van der Waals surface area contributed by atoms with Gasteiger partial charge >= 0.3 is 0 Å². The molecule has 1 aromatic carbocycles. The highest BCUT2D eigenvalue weighted by molar-refractivity contribution is 5.37. The van der Waals surface area contributed by atoms with Gasteiger partial charge in [-0.05, 0) is 37.7 Å². The molecule has 0 amide bonds. The van der Waals surface area contributed by atoms with Crippen molar-refractivity contribution in [1.29, 1.82) is 0 Å². The molecule has 2 rings (SSSR count). The molecule has 16 heavy (non-hydrogen) atoms. The van der Waals surface area contributed by atoms with Crippen LogP contribution >= 0.6 is 0 Å². The second-order valence-corrected chi connectivity index (χ2v) is 4.04. The van der Waals surface area contributed by atoms with Gasteiger partial charge in [0.15, 0.2) is 0 Å². The third kappa shape index (κ3) is 2.71. The van der Waals surface area contributed by atoms with Crippen LogP contribution in [0.5, 0.6) is 5.75 Å². The first-order chi connectivity index (χ1) is 7.79. The number of hydrogen-bond acceptors (Lipinski definition) is 3. The van der Waals surface area contributed by atoms with Crippen molar-refractivity contribution in [3.8, 4) is 5.75 Å². The molecule has 0 spiro atoms. The normalized spacial score (nSPS) is 18.2. The summed E-state index contributed by atoms with van der Waals surface area (Å²) in [7, 11) is 0. The molecule has 3 nitrogen and oxygen atoms in total. The maximum Gasteiger partial charge on any atom is 0.123 e. The topological polar surface area (TPSA) is 47.3 Å². The summed E-state index contributed by atoms with van der Waals surface area (Å²) in [6.45, 7) is 2.39. The average Bonchev–Trinajstić information content (AvgIpc) is 2.66. The quantitative estimate of drug-likeness (QED) is 0.735. The molecule has 0 aromatic heterocycles. The van der Waals surface area contributed by atoms with E-state index in [1.165, 1.54) is 6.07 Å². The van der Waals surface area contributed by atoms with Crippen LogP contribution in [0.2, 0.25) is 0 Å². The van der Waals surface area contributed by atoms with E-state index >= 15 is 0 Å². The zero-order valence-electron chi connectivity index (χ0n) is 9.21. The predicted octanol–water partition coefficient (Wildman–Crippen LogP) is 1.07. The number of fused-ring (bicyclic) bond motifs is 1. The molecule has 0 saturated carbocycles. The van der Waals surface area contributed by atoms with E-state index in [0.717, 1.165) is 37.2 Å². The maximum absolute atomic E-state index is 13.0. The molecular formula is C12H17FN2O. The van der Waals surface area contributed by atoms with Crippen molar-refractivity contribution in [2.24, 2.45) is 5.73 Å². The minimum Gasteiger partial charge on any atom is -0.488 e. The first-order valence-corrected chi connectivity index (χ1v) is 5.65. The number of rotatable bonds is 5. The maximum atomic E-state index is 13.0. The second-order valence-electron chi connectivity index (χ2n) is 4.04. The molecule has 3 N–H and O–H groups in total. The van der Waals surface area contributed by atoms with Crippen LogP contribution in [0.15, 0.2) is 18.2 Å². The Kier molecular flexibility index (Phi) is 3.74. The van der Waals surface area contributed by atoms with E-state index in [-0.39, 0.29) is 11.9 Å². The predicted molar refractivity (Wildman–Crippen MR) is 61.1 cm³/mol. The molecule has 88 valence electrons. The highest BCUT2D eigenvalue weighted by Gasteiger charge is 2.22. The smallest absolute Gasteiger partial charge is 0.123 e. The summed E-state index contributed by atoms with van der Waals surface area (Å²) in [5.41, 5.74) is 6.36. The van der Waals surface area contributed by atoms with Gasteiger partial charge in [-0.3, -0.25) is 0 Å². The van der Waals surface area contributed by atoms with E-state index in [0.29, 0.717) is 6.54 Å². The number of hydrogen-bond donors (Lipinski definition) is 2. The van der Waals surface area contributed by atoms with Crippen LogP contribution in [0, 0.1) is 5.82 Å². The van der Waals surface area contributed by atoms with Gasteiger partial charge in [0.05, 0.1) is 0 Å². The van der Waals surface area contributed by atoms with Gasteiger partial charge in [-0.25, -0.2) is 4.39 Å². The highest BCUT2D eigenvalue weighted by Crippen LogP contribution is 2.28. The molecule has 0 bridgehead atoms. The number of ether oxygens (including phenoxy) is 1. The number of halogens is 1. The van der Waals surface area contributed by atoms with E-state index in [2.05, 4.69) is 5.32 Å². The molecule has 1 aromatic rings. The van der Waals surface area contributed by atoms with Crippen molar-refractivity contribution in [3.63, 3.8) is 0 Å². The Morgan fingerprint density at radius 1 is 1.50 bits per heavy atom. The van der Waals surface area contributed by atoms with Gasteiger partial charge in [0.25, 0.3) is 0 Å². The summed E-state index contributed by atoms with van der Waals surface area (Å²) in [6.07, 6.45) is 1.87. The van der Waals surface area contributed by atoms with Crippen molar-refractivity contribution in [2.75, 3.05) is 19.6 Å². The number of benzene rings is 1. The Hall–Kier alpha value is -1.13. The Morgan fingerprint density at radius 2 is 2.38 bits per heavy atom. The fourth-order valence-electron chi connectivity index (χ4n) is 1.89. The van der Waals surface area contributed by atoms with Crippen LogP contribution in [-0.4, -0.2) is 25.7 Å². The van der Waals surface area contributed by atoms with Crippen molar-refractivity contribution in [2.45, 2.75) is 18.9 Å². The Labute approximate surface area is 94.8 Å². The molecule has 0 aliphatic carbocycles. The van der Waals surface area contributed by atoms with Gasteiger partial charge in [-0.1, -0.05) is 0 Å². The Balaban J connectivity index is 1.81. The molecule has 0 saturated heterocycles. The molecule has 1 aliphatic rings. The van der Waals surface area contributed by atoms with Crippen LogP contribution in [0.25, 0.3) is 0 Å². The first kappa shape index (κ1) is 11.4. The summed E-state index contributed by atoms with van der Waals surface area (Å²) in [5.74, 6) is 0.617. The lowest BCUT2D eigenvalue weighted by Crippen LogP contribution is -2.31. The van der Waals surface area contributed by atoms with Crippen LogP contribution in [0.3, 0.4) is 0 Å². The third-order valence-electron chi connectivity index (χ3n) is 2.69. The van der Waals surface area contributed by atoms with Gasteiger partial charge in [0.2, 0.25) is 0 Å². The van der Waals surface area contributed by atoms with Gasteiger partial charge in [0, 0.05) is 18.5 Å². The van der Waals surface area contributed by atoms with Crippen LogP contribution < -0.4 is 15.8 Å². The van der Waals surface area contributed by atoms with Crippen molar-refractivity contribution >= 4 is 0 Å². The van der Waals surface area contributed by atoms with Gasteiger partial charge in [-0.15, -0.1) is 0 Å². The summed E-state index contributed by atoms with van der Waals surface area (Å²) in [5, 5.41) is 3.28. The molecule has 1 heterocycles. The molecule has 1 aliphatic heterocycles. The lowest BCUT2D eigenvalue weighted by molar-refractivity contribution is 0.228. The van der Waals surface area contributed by atoms with Crippen molar-refractivity contribution < 1.29 is 9.13 Å². The van der Waals surface area contributed by atoms with Gasteiger partial charge in [-0.2, -0.15) is 0 Å². The molecule has 4 heteroatoms. The molecule has 1 unspecified atom stereocenters. The fourth-order valence-corrected chi connectivity index (χ4v) is 1.89. The van der Waals surface area contributed by atoms with Gasteiger partial charge < -0.3 is 15.8 Å². The fraction of sp³-hybridized carbons (Fsp3) is 0.500. The summed E-state index contributed by atoms with van der Waals surface area (Å²) in [4.78, 5) is 0. The molecule has 1 atom stereocenters. The lowest BCUT2D eigenvalue weighted by Gasteiger charge is -2.11.